The van der Waals surface area contributed by atoms with Gasteiger partial charge in [-0.1, -0.05) is 155 Å². The van der Waals surface area contributed by atoms with E-state index in [4.69, 9.17) is 0 Å². The Morgan fingerprint density at radius 1 is 0.216 bits per heavy atom. The van der Waals surface area contributed by atoms with Gasteiger partial charge in [0.25, 0.3) is 0 Å². The normalized spacial score (nSPS) is 10.8. The lowest BCUT2D eigenvalue weighted by molar-refractivity contribution is 1.56. The fourth-order valence-corrected chi connectivity index (χ4v) is 4.96. The predicted octanol–water partition coefficient (Wildman–Crippen LogP) is 10.8. The van der Waals surface area contributed by atoms with Gasteiger partial charge in [-0.25, -0.2) is 0 Å². The highest BCUT2D eigenvalue weighted by molar-refractivity contribution is 9.10. The lowest BCUT2D eigenvalue weighted by atomic mass is 9.96. The summed E-state index contributed by atoms with van der Waals surface area (Å²) in [6.07, 6.45) is 0. The van der Waals surface area contributed by atoms with Crippen LogP contribution in [0.2, 0.25) is 0 Å². The molecule has 0 heterocycles. The summed E-state index contributed by atoms with van der Waals surface area (Å²) in [5.41, 5.74) is 12.3. The number of hydrogen-bond acceptors (Lipinski definition) is 0. The highest BCUT2D eigenvalue weighted by Gasteiger charge is 2.04. The van der Waals surface area contributed by atoms with Crippen molar-refractivity contribution in [1.82, 2.24) is 0 Å². The van der Waals surface area contributed by atoms with Crippen LogP contribution in [0.15, 0.2) is 156 Å². The minimum absolute atomic E-state index is 1.10. The number of rotatable bonds is 5. The summed E-state index contributed by atoms with van der Waals surface area (Å²) in [6.45, 7) is 0. The molecule has 37 heavy (non-hydrogen) atoms. The maximum Gasteiger partial charge on any atom is 0.0175 e. The third kappa shape index (κ3) is 5.18. The minimum atomic E-state index is 1.10. The smallest absolute Gasteiger partial charge is 0.0175 e. The first kappa shape index (κ1) is 23.2. The van der Waals surface area contributed by atoms with Gasteiger partial charge < -0.3 is 0 Å². The molecule has 0 fully saturated rings. The van der Waals surface area contributed by atoms with E-state index in [-0.39, 0.29) is 0 Å². The van der Waals surface area contributed by atoms with Crippen molar-refractivity contribution in [3.8, 4) is 55.6 Å². The molecular weight excluding hydrogens is 512 g/mol. The molecule has 0 saturated heterocycles. The molecular formula is C36H25Br. The number of benzene rings is 6. The maximum atomic E-state index is 3.51. The van der Waals surface area contributed by atoms with Crippen molar-refractivity contribution in [1.29, 1.82) is 0 Å². The van der Waals surface area contributed by atoms with Crippen LogP contribution in [0.5, 0.6) is 0 Å². The van der Waals surface area contributed by atoms with Crippen molar-refractivity contribution in [2.24, 2.45) is 0 Å². The van der Waals surface area contributed by atoms with E-state index >= 15 is 0 Å². The van der Waals surface area contributed by atoms with Gasteiger partial charge in [0, 0.05) is 4.47 Å². The van der Waals surface area contributed by atoms with E-state index < -0.39 is 0 Å². The molecule has 0 unspecified atom stereocenters. The fourth-order valence-electron chi connectivity index (χ4n) is 4.69. The Kier molecular flexibility index (Phi) is 6.54. The molecule has 0 nitrogen and oxygen atoms in total. The third-order valence-corrected chi connectivity index (χ3v) is 7.35. The van der Waals surface area contributed by atoms with Crippen molar-refractivity contribution in [2.45, 2.75) is 0 Å². The van der Waals surface area contributed by atoms with Gasteiger partial charge in [-0.3, -0.25) is 0 Å². The monoisotopic (exact) mass is 536 g/mol. The number of hydrogen-bond donors (Lipinski definition) is 0. The Hall–Kier alpha value is -4.20. The van der Waals surface area contributed by atoms with Crippen LogP contribution in [0.4, 0.5) is 0 Å². The molecule has 176 valence electrons. The minimum Gasteiger partial charge on any atom is -0.0622 e. The second-order valence-corrected chi connectivity index (χ2v) is 10.1. The molecule has 1 heteroatoms. The average Bonchev–Trinajstić information content (AvgIpc) is 2.98. The van der Waals surface area contributed by atoms with Crippen molar-refractivity contribution >= 4 is 15.9 Å². The lowest BCUT2D eigenvalue weighted by Crippen LogP contribution is -1.83. The standard InChI is InChI=1S/C36H25Br/c37-36-24-22-35(23-25-36)34-20-18-33(19-21-34)32-16-14-31(15-17-32)30-12-10-29(11-13-30)28-8-6-27(7-9-28)26-4-2-1-3-5-26/h1-25H. The summed E-state index contributed by atoms with van der Waals surface area (Å²) in [5, 5.41) is 0. The van der Waals surface area contributed by atoms with Crippen LogP contribution in [0.1, 0.15) is 0 Å². The Morgan fingerprint density at radius 2 is 0.405 bits per heavy atom. The molecule has 0 amide bonds. The molecule has 6 aromatic rings. The van der Waals surface area contributed by atoms with Crippen LogP contribution in [0.25, 0.3) is 55.6 Å². The van der Waals surface area contributed by atoms with E-state index in [0.717, 1.165) is 4.47 Å². The summed E-state index contributed by atoms with van der Waals surface area (Å²) in [6, 6.07) is 54.2. The van der Waals surface area contributed by atoms with Crippen molar-refractivity contribution < 1.29 is 0 Å². The molecule has 6 aromatic carbocycles. The molecule has 6 rings (SSSR count). The highest BCUT2D eigenvalue weighted by Crippen LogP contribution is 2.30. The first-order chi connectivity index (χ1) is 18.2. The zero-order valence-electron chi connectivity index (χ0n) is 20.3. The van der Waals surface area contributed by atoms with Crippen molar-refractivity contribution in [3.05, 3.63) is 156 Å². The van der Waals surface area contributed by atoms with Crippen LogP contribution < -0.4 is 0 Å². The Morgan fingerprint density at radius 3 is 0.649 bits per heavy atom. The number of halogens is 1. The van der Waals surface area contributed by atoms with Gasteiger partial charge in [0.1, 0.15) is 0 Å². The molecule has 0 aromatic heterocycles. The summed E-state index contributed by atoms with van der Waals surface area (Å²) in [4.78, 5) is 0. The van der Waals surface area contributed by atoms with Gasteiger partial charge in [-0.2, -0.15) is 0 Å². The maximum absolute atomic E-state index is 3.51. The van der Waals surface area contributed by atoms with Crippen LogP contribution in [0, 0.1) is 0 Å². The summed E-state index contributed by atoms with van der Waals surface area (Å²) < 4.78 is 1.10. The van der Waals surface area contributed by atoms with E-state index in [1.54, 1.807) is 0 Å². The van der Waals surface area contributed by atoms with Gasteiger partial charge in [-0.15, -0.1) is 0 Å². The Balaban J connectivity index is 1.16. The van der Waals surface area contributed by atoms with Crippen molar-refractivity contribution in [2.75, 3.05) is 0 Å². The second-order valence-electron chi connectivity index (χ2n) is 9.18. The van der Waals surface area contributed by atoms with Gasteiger partial charge in [-0.05, 0) is 67.8 Å². The average molecular weight is 538 g/mol. The van der Waals surface area contributed by atoms with Gasteiger partial charge in [0.15, 0.2) is 0 Å². The van der Waals surface area contributed by atoms with Crippen molar-refractivity contribution in [3.63, 3.8) is 0 Å². The Labute approximate surface area is 227 Å². The third-order valence-electron chi connectivity index (χ3n) is 6.82. The lowest BCUT2D eigenvalue weighted by Gasteiger charge is -2.09. The molecule has 0 aliphatic heterocycles. The largest absolute Gasteiger partial charge is 0.0622 e. The van der Waals surface area contributed by atoms with Gasteiger partial charge in [0.05, 0.1) is 0 Å². The van der Waals surface area contributed by atoms with Gasteiger partial charge >= 0.3 is 0 Å². The highest BCUT2D eigenvalue weighted by atomic mass is 79.9. The summed E-state index contributed by atoms with van der Waals surface area (Å²) in [5.74, 6) is 0. The molecule has 0 N–H and O–H groups in total. The zero-order valence-corrected chi connectivity index (χ0v) is 21.9. The topological polar surface area (TPSA) is 0 Å². The summed E-state index contributed by atoms with van der Waals surface area (Å²) in [7, 11) is 0. The second kappa shape index (κ2) is 10.4. The van der Waals surface area contributed by atoms with Crippen LogP contribution in [-0.2, 0) is 0 Å². The Bertz CT molecular complexity index is 1590. The molecule has 0 atom stereocenters. The fraction of sp³-hybridized carbons (Fsp3) is 0. The predicted molar refractivity (Wildman–Crippen MR) is 161 cm³/mol. The first-order valence-corrected chi connectivity index (χ1v) is 13.2. The SMILES string of the molecule is Brc1ccc(-c2ccc(-c3ccc(-c4ccc(-c5ccc(-c6ccccc6)cc5)cc4)cc3)cc2)cc1. The van der Waals surface area contributed by atoms with Gasteiger partial charge in [0.2, 0.25) is 0 Å². The van der Waals surface area contributed by atoms with E-state index in [9.17, 15) is 0 Å². The van der Waals surface area contributed by atoms with E-state index in [2.05, 4.69) is 168 Å². The zero-order chi connectivity index (χ0) is 25.0. The van der Waals surface area contributed by atoms with Crippen LogP contribution in [0.3, 0.4) is 0 Å². The molecule has 0 radical (unpaired) electrons. The van der Waals surface area contributed by atoms with E-state index in [0.29, 0.717) is 0 Å². The van der Waals surface area contributed by atoms with Crippen LogP contribution in [-0.4, -0.2) is 0 Å². The molecule has 0 spiro atoms. The quantitative estimate of drug-likeness (QED) is 0.205. The first-order valence-electron chi connectivity index (χ1n) is 12.5. The molecule has 0 aliphatic carbocycles. The van der Waals surface area contributed by atoms with E-state index in [1.807, 2.05) is 0 Å². The molecule has 0 saturated carbocycles. The van der Waals surface area contributed by atoms with E-state index in [1.165, 1.54) is 55.6 Å². The molecule has 0 aliphatic rings. The molecule has 0 bridgehead atoms. The van der Waals surface area contributed by atoms with Crippen LogP contribution >= 0.6 is 15.9 Å². The summed E-state index contributed by atoms with van der Waals surface area (Å²) >= 11 is 3.51.